The zero-order valence-electron chi connectivity index (χ0n) is 12.3. The largest absolute Gasteiger partial charge is 0.370 e. The SMILES string of the molecule is CCCNc1cc(CCC)nc(-c2ncc(C)cn2)n1. The van der Waals surface area contributed by atoms with Crippen LogP contribution in [0, 0.1) is 6.92 Å². The van der Waals surface area contributed by atoms with Crippen molar-refractivity contribution in [2.75, 3.05) is 11.9 Å². The lowest BCUT2D eigenvalue weighted by atomic mass is 10.2. The number of hydrogen-bond acceptors (Lipinski definition) is 5. The van der Waals surface area contributed by atoms with Gasteiger partial charge >= 0.3 is 0 Å². The number of hydrogen-bond donors (Lipinski definition) is 1. The number of rotatable bonds is 6. The molecule has 0 aromatic carbocycles. The van der Waals surface area contributed by atoms with Gasteiger partial charge in [0.15, 0.2) is 11.6 Å². The van der Waals surface area contributed by atoms with E-state index in [4.69, 9.17) is 0 Å². The fourth-order valence-corrected chi connectivity index (χ4v) is 1.83. The van der Waals surface area contributed by atoms with Crippen LogP contribution in [0.1, 0.15) is 37.9 Å². The molecule has 2 aromatic heterocycles. The maximum Gasteiger partial charge on any atom is 0.199 e. The molecule has 0 spiro atoms. The van der Waals surface area contributed by atoms with E-state index >= 15 is 0 Å². The molecule has 0 fully saturated rings. The Hall–Kier alpha value is -2.04. The molecule has 0 unspecified atom stereocenters. The zero-order valence-corrected chi connectivity index (χ0v) is 12.3. The van der Waals surface area contributed by atoms with Crippen LogP contribution in [0.2, 0.25) is 0 Å². The van der Waals surface area contributed by atoms with Gasteiger partial charge in [0.2, 0.25) is 0 Å². The molecule has 5 heteroatoms. The van der Waals surface area contributed by atoms with Crippen LogP contribution in [0.25, 0.3) is 11.6 Å². The van der Waals surface area contributed by atoms with Crippen molar-refractivity contribution in [3.63, 3.8) is 0 Å². The number of aromatic nitrogens is 4. The van der Waals surface area contributed by atoms with Gasteiger partial charge in [-0.25, -0.2) is 19.9 Å². The Morgan fingerprint density at radius 3 is 2.40 bits per heavy atom. The standard InChI is InChI=1S/C15H21N5/c1-4-6-12-8-13(16-7-5-2)20-15(19-12)14-17-9-11(3)10-18-14/h8-10H,4-7H2,1-3H3,(H,16,19,20). The van der Waals surface area contributed by atoms with Gasteiger partial charge in [-0.3, -0.25) is 0 Å². The van der Waals surface area contributed by atoms with Gasteiger partial charge in [0.1, 0.15) is 5.82 Å². The summed E-state index contributed by atoms with van der Waals surface area (Å²) >= 11 is 0. The molecular weight excluding hydrogens is 250 g/mol. The van der Waals surface area contributed by atoms with Gasteiger partial charge in [-0.2, -0.15) is 0 Å². The van der Waals surface area contributed by atoms with Gasteiger partial charge in [0.05, 0.1) is 0 Å². The molecule has 106 valence electrons. The van der Waals surface area contributed by atoms with Crippen molar-refractivity contribution < 1.29 is 0 Å². The Bertz CT molecular complexity index is 551. The van der Waals surface area contributed by atoms with Crippen LogP contribution < -0.4 is 5.32 Å². The van der Waals surface area contributed by atoms with Crippen LogP contribution in [-0.4, -0.2) is 26.5 Å². The highest BCUT2D eigenvalue weighted by atomic mass is 15.1. The van der Waals surface area contributed by atoms with Gasteiger partial charge in [-0.15, -0.1) is 0 Å². The summed E-state index contributed by atoms with van der Waals surface area (Å²) in [7, 11) is 0. The minimum atomic E-state index is 0.577. The molecular formula is C15H21N5. The van der Waals surface area contributed by atoms with Crippen molar-refractivity contribution >= 4 is 5.82 Å². The van der Waals surface area contributed by atoms with E-state index in [0.29, 0.717) is 11.6 Å². The van der Waals surface area contributed by atoms with Gasteiger partial charge in [-0.05, 0) is 25.3 Å². The molecule has 0 saturated heterocycles. The summed E-state index contributed by atoms with van der Waals surface area (Å²) in [4.78, 5) is 17.7. The summed E-state index contributed by atoms with van der Waals surface area (Å²) in [6, 6.07) is 2.01. The average molecular weight is 271 g/mol. The molecule has 20 heavy (non-hydrogen) atoms. The number of anilines is 1. The van der Waals surface area contributed by atoms with E-state index in [1.807, 2.05) is 13.0 Å². The predicted molar refractivity (Wildman–Crippen MR) is 80.6 cm³/mol. The average Bonchev–Trinajstić information content (AvgIpc) is 2.46. The summed E-state index contributed by atoms with van der Waals surface area (Å²) in [6.07, 6.45) is 6.62. The van der Waals surface area contributed by atoms with Crippen molar-refractivity contribution in [1.29, 1.82) is 0 Å². The highest BCUT2D eigenvalue weighted by molar-refractivity contribution is 5.49. The fourth-order valence-electron chi connectivity index (χ4n) is 1.83. The molecule has 5 nitrogen and oxygen atoms in total. The van der Waals surface area contributed by atoms with Crippen molar-refractivity contribution in [3.8, 4) is 11.6 Å². The summed E-state index contributed by atoms with van der Waals surface area (Å²) in [5, 5.41) is 3.31. The Morgan fingerprint density at radius 1 is 1.00 bits per heavy atom. The van der Waals surface area contributed by atoms with E-state index in [1.54, 1.807) is 12.4 Å². The van der Waals surface area contributed by atoms with Gasteiger partial charge in [0.25, 0.3) is 0 Å². The third-order valence-corrected chi connectivity index (χ3v) is 2.82. The summed E-state index contributed by atoms with van der Waals surface area (Å²) in [6.45, 7) is 7.14. The molecule has 0 aliphatic rings. The number of nitrogens with one attached hydrogen (secondary N) is 1. The lowest BCUT2D eigenvalue weighted by Gasteiger charge is -2.08. The topological polar surface area (TPSA) is 63.6 Å². The third-order valence-electron chi connectivity index (χ3n) is 2.82. The van der Waals surface area contributed by atoms with E-state index in [1.165, 1.54) is 0 Å². The molecule has 2 rings (SSSR count). The zero-order chi connectivity index (χ0) is 14.4. The molecule has 2 heterocycles. The monoisotopic (exact) mass is 271 g/mol. The van der Waals surface area contributed by atoms with Gasteiger partial charge < -0.3 is 5.32 Å². The molecule has 0 amide bonds. The highest BCUT2D eigenvalue weighted by Gasteiger charge is 2.08. The van der Waals surface area contributed by atoms with E-state index in [9.17, 15) is 0 Å². The lowest BCUT2D eigenvalue weighted by molar-refractivity contribution is 0.868. The summed E-state index contributed by atoms with van der Waals surface area (Å²) < 4.78 is 0. The molecule has 0 aliphatic heterocycles. The minimum Gasteiger partial charge on any atom is -0.370 e. The Labute approximate surface area is 119 Å². The van der Waals surface area contributed by atoms with Crippen LogP contribution in [0.4, 0.5) is 5.82 Å². The van der Waals surface area contributed by atoms with E-state index in [-0.39, 0.29) is 0 Å². The first kappa shape index (κ1) is 14.4. The van der Waals surface area contributed by atoms with E-state index < -0.39 is 0 Å². The molecule has 1 N–H and O–H groups in total. The van der Waals surface area contributed by atoms with Crippen LogP contribution in [0.15, 0.2) is 18.5 Å². The van der Waals surface area contributed by atoms with E-state index in [0.717, 1.165) is 42.9 Å². The molecule has 2 aromatic rings. The van der Waals surface area contributed by atoms with Gasteiger partial charge in [0, 0.05) is 30.7 Å². The molecule has 0 atom stereocenters. The van der Waals surface area contributed by atoms with Crippen molar-refractivity contribution in [3.05, 3.63) is 29.7 Å². The van der Waals surface area contributed by atoms with Crippen LogP contribution in [0.5, 0.6) is 0 Å². The molecule has 0 bridgehead atoms. The lowest BCUT2D eigenvalue weighted by Crippen LogP contribution is -2.06. The summed E-state index contributed by atoms with van der Waals surface area (Å²) in [5.74, 6) is 2.02. The van der Waals surface area contributed by atoms with Crippen LogP contribution in [0.3, 0.4) is 0 Å². The maximum atomic E-state index is 4.56. The smallest absolute Gasteiger partial charge is 0.199 e. The normalized spacial score (nSPS) is 10.6. The number of aryl methyl sites for hydroxylation is 2. The quantitative estimate of drug-likeness (QED) is 0.875. The van der Waals surface area contributed by atoms with Gasteiger partial charge in [-0.1, -0.05) is 20.3 Å². The minimum absolute atomic E-state index is 0.577. The Morgan fingerprint density at radius 2 is 1.75 bits per heavy atom. The van der Waals surface area contributed by atoms with Crippen molar-refractivity contribution in [2.45, 2.75) is 40.0 Å². The first-order chi connectivity index (χ1) is 9.72. The Kier molecular flexibility index (Phi) is 4.98. The second kappa shape index (κ2) is 6.93. The second-order valence-electron chi connectivity index (χ2n) is 4.83. The maximum absolute atomic E-state index is 4.56. The van der Waals surface area contributed by atoms with Crippen LogP contribution >= 0.6 is 0 Å². The molecule has 0 aliphatic carbocycles. The van der Waals surface area contributed by atoms with Crippen LogP contribution in [-0.2, 0) is 6.42 Å². The highest BCUT2D eigenvalue weighted by Crippen LogP contribution is 2.15. The molecule has 0 radical (unpaired) electrons. The first-order valence-corrected chi connectivity index (χ1v) is 7.13. The third kappa shape index (κ3) is 3.73. The number of nitrogens with zero attached hydrogens (tertiary/aromatic N) is 4. The second-order valence-corrected chi connectivity index (χ2v) is 4.83. The summed E-state index contributed by atoms with van der Waals surface area (Å²) in [5.41, 5.74) is 2.06. The van der Waals surface area contributed by atoms with E-state index in [2.05, 4.69) is 39.1 Å². The molecule has 0 saturated carbocycles. The fraction of sp³-hybridized carbons (Fsp3) is 0.467. The first-order valence-electron chi connectivity index (χ1n) is 7.13. The van der Waals surface area contributed by atoms with Crippen molar-refractivity contribution in [1.82, 2.24) is 19.9 Å². The van der Waals surface area contributed by atoms with Crippen molar-refractivity contribution in [2.24, 2.45) is 0 Å². The predicted octanol–water partition coefficient (Wildman–Crippen LogP) is 3.02. The Balaban J connectivity index is 2.34.